The Kier molecular flexibility index (Phi) is 3.00. The minimum absolute atomic E-state index is 0.0173. The fourth-order valence-electron chi connectivity index (χ4n) is 1.47. The van der Waals surface area contributed by atoms with Crippen molar-refractivity contribution < 1.29 is 9.90 Å². The summed E-state index contributed by atoms with van der Waals surface area (Å²) >= 11 is 0. The van der Waals surface area contributed by atoms with E-state index in [4.69, 9.17) is 0 Å². The van der Waals surface area contributed by atoms with Crippen molar-refractivity contribution in [3.63, 3.8) is 0 Å². The van der Waals surface area contributed by atoms with E-state index in [1.807, 2.05) is 30.3 Å². The smallest absolute Gasteiger partial charge is 0.138 e. The van der Waals surface area contributed by atoms with Crippen molar-refractivity contribution in [1.82, 2.24) is 0 Å². The molecule has 1 N–H and O–H groups in total. The number of hydrogen-bond donors (Lipinski definition) is 1. The van der Waals surface area contributed by atoms with E-state index in [1.54, 1.807) is 20.8 Å². The number of Topliss-reactive ketones (excluding diaryl/α,β-unsaturated/α-hetero) is 1. The normalized spacial score (nSPS) is 15.8. The Morgan fingerprint density at radius 1 is 1.13 bits per heavy atom. The summed E-state index contributed by atoms with van der Waals surface area (Å²) < 4.78 is 0. The third-order valence-electron chi connectivity index (χ3n) is 3.43. The van der Waals surface area contributed by atoms with Gasteiger partial charge in [-0.25, -0.2) is 0 Å². The maximum Gasteiger partial charge on any atom is 0.138 e. The molecule has 2 nitrogen and oxygen atoms in total. The Morgan fingerprint density at radius 3 is 2.00 bits per heavy atom. The Labute approximate surface area is 90.9 Å². The fraction of sp³-hybridized carbons (Fsp3) is 0.462. The molecule has 1 rings (SSSR count). The Balaban J connectivity index is 3.19. The average Bonchev–Trinajstić information content (AvgIpc) is 2.18. The van der Waals surface area contributed by atoms with Gasteiger partial charge in [0.05, 0.1) is 11.0 Å². The zero-order valence-electron chi connectivity index (χ0n) is 9.74. The average molecular weight is 206 g/mol. The lowest BCUT2D eigenvalue weighted by Gasteiger charge is -2.38. The van der Waals surface area contributed by atoms with Crippen LogP contribution in [0.4, 0.5) is 0 Å². The summed E-state index contributed by atoms with van der Waals surface area (Å²) in [6.07, 6.45) is 0. The van der Waals surface area contributed by atoms with E-state index in [0.717, 1.165) is 5.56 Å². The van der Waals surface area contributed by atoms with Crippen LogP contribution in [-0.2, 0) is 10.4 Å². The second-order valence-electron chi connectivity index (χ2n) is 4.62. The van der Waals surface area contributed by atoms with Crippen LogP contribution in [0.2, 0.25) is 0 Å². The van der Waals surface area contributed by atoms with Gasteiger partial charge in [-0.15, -0.1) is 0 Å². The highest BCUT2D eigenvalue weighted by atomic mass is 16.3. The summed E-state index contributed by atoms with van der Waals surface area (Å²) in [5.41, 5.74) is -1.15. The van der Waals surface area contributed by atoms with Gasteiger partial charge < -0.3 is 5.11 Å². The molecule has 1 atom stereocenters. The van der Waals surface area contributed by atoms with Gasteiger partial charge in [0.2, 0.25) is 0 Å². The summed E-state index contributed by atoms with van der Waals surface area (Å²) in [5, 5.41) is 10.5. The van der Waals surface area contributed by atoms with Crippen molar-refractivity contribution >= 4 is 5.78 Å². The number of ketones is 1. The second-order valence-corrected chi connectivity index (χ2v) is 4.62. The number of carbonyl (C=O) groups is 1. The third kappa shape index (κ3) is 1.95. The first-order chi connectivity index (χ1) is 6.80. The highest BCUT2D eigenvalue weighted by Gasteiger charge is 2.44. The van der Waals surface area contributed by atoms with E-state index in [9.17, 15) is 9.90 Å². The number of benzene rings is 1. The minimum atomic E-state index is -1.14. The van der Waals surface area contributed by atoms with Crippen molar-refractivity contribution in [2.75, 3.05) is 0 Å². The topological polar surface area (TPSA) is 37.3 Å². The molecule has 0 aliphatic heterocycles. The molecule has 82 valence electrons. The van der Waals surface area contributed by atoms with Crippen LogP contribution in [0.5, 0.6) is 0 Å². The lowest BCUT2D eigenvalue weighted by atomic mass is 9.70. The van der Waals surface area contributed by atoms with Crippen molar-refractivity contribution in [2.45, 2.75) is 33.3 Å². The predicted molar refractivity (Wildman–Crippen MR) is 60.5 cm³/mol. The second kappa shape index (κ2) is 3.78. The third-order valence-corrected chi connectivity index (χ3v) is 3.43. The van der Waals surface area contributed by atoms with E-state index in [1.165, 1.54) is 6.92 Å². The van der Waals surface area contributed by atoms with Crippen molar-refractivity contribution in [3.05, 3.63) is 35.9 Å². The zero-order chi connectivity index (χ0) is 11.7. The summed E-state index contributed by atoms with van der Waals surface area (Å²) in [4.78, 5) is 11.5. The number of aliphatic hydroxyl groups is 1. The first-order valence-corrected chi connectivity index (χ1v) is 5.09. The molecule has 0 saturated carbocycles. The van der Waals surface area contributed by atoms with E-state index in [0.29, 0.717) is 0 Å². The molecule has 0 aromatic heterocycles. The standard InChI is InChI=1S/C13H18O2/c1-10(14)12(2,3)13(4,15)11-8-6-5-7-9-11/h5-9,15H,1-4H3. The highest BCUT2D eigenvalue weighted by molar-refractivity contribution is 5.83. The molecule has 1 unspecified atom stereocenters. The molecule has 0 radical (unpaired) electrons. The van der Waals surface area contributed by atoms with Gasteiger partial charge >= 0.3 is 0 Å². The first-order valence-electron chi connectivity index (χ1n) is 5.09. The van der Waals surface area contributed by atoms with Gasteiger partial charge in [0.15, 0.2) is 0 Å². The van der Waals surface area contributed by atoms with Gasteiger partial charge in [-0.1, -0.05) is 30.3 Å². The van der Waals surface area contributed by atoms with Crippen LogP contribution in [0.25, 0.3) is 0 Å². The predicted octanol–water partition coefficient (Wildman–Crippen LogP) is 2.51. The highest BCUT2D eigenvalue weighted by Crippen LogP contribution is 2.39. The SMILES string of the molecule is CC(=O)C(C)(C)C(C)(O)c1ccccc1. The number of carbonyl (C=O) groups excluding carboxylic acids is 1. The van der Waals surface area contributed by atoms with Gasteiger partial charge in [-0.3, -0.25) is 4.79 Å². The fourth-order valence-corrected chi connectivity index (χ4v) is 1.47. The Hall–Kier alpha value is -1.15. The molecule has 2 heteroatoms. The quantitative estimate of drug-likeness (QED) is 0.825. The van der Waals surface area contributed by atoms with Crippen molar-refractivity contribution in [1.29, 1.82) is 0 Å². The van der Waals surface area contributed by atoms with Crippen LogP contribution < -0.4 is 0 Å². The largest absolute Gasteiger partial charge is 0.384 e. The van der Waals surface area contributed by atoms with Crippen LogP contribution in [-0.4, -0.2) is 10.9 Å². The summed E-state index contributed by atoms with van der Waals surface area (Å²) in [7, 11) is 0. The van der Waals surface area contributed by atoms with E-state index < -0.39 is 11.0 Å². The Bertz CT molecular complexity index is 350. The first kappa shape index (κ1) is 11.9. The molecule has 0 aliphatic carbocycles. The van der Waals surface area contributed by atoms with Crippen LogP contribution in [0.1, 0.15) is 33.3 Å². The Morgan fingerprint density at radius 2 is 1.60 bits per heavy atom. The van der Waals surface area contributed by atoms with Gasteiger partial charge in [0, 0.05) is 0 Å². The summed E-state index contributed by atoms with van der Waals surface area (Å²) in [6.45, 7) is 6.73. The van der Waals surface area contributed by atoms with Crippen LogP contribution in [0.15, 0.2) is 30.3 Å². The van der Waals surface area contributed by atoms with Gasteiger partial charge in [0.1, 0.15) is 5.78 Å². The van der Waals surface area contributed by atoms with E-state index in [2.05, 4.69) is 0 Å². The molecule has 0 fully saturated rings. The molecule has 1 aromatic carbocycles. The zero-order valence-corrected chi connectivity index (χ0v) is 9.74. The number of rotatable bonds is 3. The van der Waals surface area contributed by atoms with Crippen LogP contribution in [0.3, 0.4) is 0 Å². The molecule has 0 aliphatic rings. The maximum atomic E-state index is 11.5. The van der Waals surface area contributed by atoms with Crippen molar-refractivity contribution in [3.8, 4) is 0 Å². The van der Waals surface area contributed by atoms with Gasteiger partial charge in [-0.05, 0) is 33.3 Å². The molecule has 0 spiro atoms. The minimum Gasteiger partial charge on any atom is -0.384 e. The van der Waals surface area contributed by atoms with Crippen LogP contribution >= 0.6 is 0 Å². The number of hydrogen-bond acceptors (Lipinski definition) is 2. The molecule has 0 saturated heterocycles. The molecule has 15 heavy (non-hydrogen) atoms. The maximum absolute atomic E-state index is 11.5. The molecule has 1 aromatic rings. The van der Waals surface area contributed by atoms with Gasteiger partial charge in [0.25, 0.3) is 0 Å². The molecular weight excluding hydrogens is 188 g/mol. The summed E-state index contributed by atoms with van der Waals surface area (Å²) in [5.74, 6) is -0.0173. The molecule has 0 amide bonds. The molecule has 0 heterocycles. The van der Waals surface area contributed by atoms with Crippen molar-refractivity contribution in [2.24, 2.45) is 5.41 Å². The lowest BCUT2D eigenvalue weighted by molar-refractivity contribution is -0.141. The molecule has 0 bridgehead atoms. The molecular formula is C13H18O2. The van der Waals surface area contributed by atoms with E-state index >= 15 is 0 Å². The lowest BCUT2D eigenvalue weighted by Crippen LogP contribution is -2.44. The summed E-state index contributed by atoms with van der Waals surface area (Å²) in [6, 6.07) is 9.29. The van der Waals surface area contributed by atoms with E-state index in [-0.39, 0.29) is 5.78 Å². The monoisotopic (exact) mass is 206 g/mol. The van der Waals surface area contributed by atoms with Gasteiger partial charge in [-0.2, -0.15) is 0 Å². The van der Waals surface area contributed by atoms with Crippen LogP contribution in [0, 0.1) is 5.41 Å².